The van der Waals surface area contributed by atoms with Gasteiger partial charge in [0.2, 0.25) is 5.91 Å². The smallest absolute Gasteiger partial charge is 0.317 e. The number of fused-ring (bicyclic) bond motifs is 1. The number of urea groups is 1. The second-order valence-electron chi connectivity index (χ2n) is 8.14. The zero-order valence-corrected chi connectivity index (χ0v) is 17.7. The summed E-state index contributed by atoms with van der Waals surface area (Å²) in [5.41, 5.74) is 1.14. The van der Waals surface area contributed by atoms with Gasteiger partial charge in [-0.3, -0.25) is 9.89 Å². The number of piperidine rings is 1. The fourth-order valence-corrected chi connectivity index (χ4v) is 4.30. The van der Waals surface area contributed by atoms with Crippen LogP contribution >= 0.6 is 11.6 Å². The molecule has 0 bridgehead atoms. The molecule has 158 valence electrons. The number of halogens is 1. The van der Waals surface area contributed by atoms with Crippen molar-refractivity contribution in [3.8, 4) is 0 Å². The number of likely N-dealkylation sites (tertiary alicyclic amines) is 1. The fraction of sp³-hybridized carbons (Fsp3) is 0.550. The standard InChI is InChI=1S/C20H28ClN5O3/c1-20(2,18(28)14-8-13(21)9-16-15(14)10-24-25-16)12-4-6-26(7-5-12)19(29)23-11-17(27)22-3/h8-10,12,18,28H,4-7,11H2,1-3H3,(H,22,27)(H,23,29)(H,24,25). The number of carbonyl (C=O) groups excluding carboxylic acids is 2. The first kappa shape index (κ1) is 21.4. The first-order chi connectivity index (χ1) is 13.7. The number of hydrogen-bond donors (Lipinski definition) is 4. The van der Waals surface area contributed by atoms with Crippen LogP contribution in [0.4, 0.5) is 4.79 Å². The van der Waals surface area contributed by atoms with Crippen LogP contribution in [-0.2, 0) is 4.79 Å². The summed E-state index contributed by atoms with van der Waals surface area (Å²) in [6.07, 6.45) is 2.53. The van der Waals surface area contributed by atoms with Crippen molar-refractivity contribution in [2.45, 2.75) is 32.8 Å². The number of aromatic nitrogens is 2. The molecule has 2 heterocycles. The molecule has 1 aliphatic heterocycles. The first-order valence-electron chi connectivity index (χ1n) is 9.78. The molecule has 2 aromatic rings. The summed E-state index contributed by atoms with van der Waals surface area (Å²) in [6, 6.07) is 3.36. The van der Waals surface area contributed by atoms with Gasteiger partial charge < -0.3 is 20.6 Å². The summed E-state index contributed by atoms with van der Waals surface area (Å²) < 4.78 is 0. The summed E-state index contributed by atoms with van der Waals surface area (Å²) >= 11 is 6.24. The Bertz CT molecular complexity index is 889. The van der Waals surface area contributed by atoms with E-state index in [0.29, 0.717) is 18.1 Å². The highest BCUT2D eigenvalue weighted by atomic mass is 35.5. The number of nitrogens with zero attached hydrogens (tertiary/aromatic N) is 2. The van der Waals surface area contributed by atoms with E-state index in [2.05, 4.69) is 34.7 Å². The van der Waals surface area contributed by atoms with Crippen molar-refractivity contribution in [2.75, 3.05) is 26.7 Å². The lowest BCUT2D eigenvalue weighted by Gasteiger charge is -2.43. The van der Waals surface area contributed by atoms with E-state index in [-0.39, 0.29) is 24.4 Å². The maximum absolute atomic E-state index is 12.2. The third kappa shape index (κ3) is 4.48. The van der Waals surface area contributed by atoms with Crippen molar-refractivity contribution in [1.29, 1.82) is 0 Å². The molecule has 1 unspecified atom stereocenters. The van der Waals surface area contributed by atoms with Gasteiger partial charge in [0.1, 0.15) is 0 Å². The number of aromatic amines is 1. The number of aliphatic hydroxyl groups excluding tert-OH is 1. The van der Waals surface area contributed by atoms with Crippen molar-refractivity contribution in [1.82, 2.24) is 25.7 Å². The summed E-state index contributed by atoms with van der Waals surface area (Å²) in [7, 11) is 1.53. The van der Waals surface area contributed by atoms with E-state index in [9.17, 15) is 14.7 Å². The Balaban J connectivity index is 1.67. The molecule has 4 N–H and O–H groups in total. The van der Waals surface area contributed by atoms with Crippen LogP contribution in [0.2, 0.25) is 5.02 Å². The molecule has 9 heteroatoms. The quantitative estimate of drug-likeness (QED) is 0.594. The highest BCUT2D eigenvalue weighted by Crippen LogP contribution is 2.46. The minimum absolute atomic E-state index is 0.0328. The van der Waals surface area contributed by atoms with E-state index in [0.717, 1.165) is 29.3 Å². The molecular formula is C20H28ClN5O3. The van der Waals surface area contributed by atoms with Crippen LogP contribution in [0.1, 0.15) is 38.4 Å². The molecule has 1 aromatic heterocycles. The van der Waals surface area contributed by atoms with Crippen LogP contribution in [0.15, 0.2) is 18.3 Å². The normalized spacial score (nSPS) is 16.7. The molecular weight excluding hydrogens is 394 g/mol. The van der Waals surface area contributed by atoms with Crippen LogP contribution in [0.25, 0.3) is 10.9 Å². The summed E-state index contributed by atoms with van der Waals surface area (Å²) in [4.78, 5) is 25.3. The maximum Gasteiger partial charge on any atom is 0.317 e. The van der Waals surface area contributed by atoms with Gasteiger partial charge in [0, 0.05) is 30.5 Å². The second-order valence-corrected chi connectivity index (χ2v) is 8.58. The fourth-order valence-electron chi connectivity index (χ4n) is 4.08. The molecule has 1 aliphatic rings. The molecule has 0 aliphatic carbocycles. The van der Waals surface area contributed by atoms with Crippen LogP contribution in [0.3, 0.4) is 0 Å². The third-order valence-corrected chi connectivity index (χ3v) is 6.29. The Labute approximate surface area is 175 Å². The van der Waals surface area contributed by atoms with E-state index in [4.69, 9.17) is 11.6 Å². The van der Waals surface area contributed by atoms with Crippen LogP contribution in [0, 0.1) is 11.3 Å². The predicted octanol–water partition coefficient (Wildman–Crippen LogP) is 2.44. The van der Waals surface area contributed by atoms with Crippen molar-refractivity contribution < 1.29 is 14.7 Å². The molecule has 0 saturated carbocycles. The minimum atomic E-state index is -0.722. The monoisotopic (exact) mass is 421 g/mol. The Kier molecular flexibility index (Phi) is 6.33. The van der Waals surface area contributed by atoms with E-state index < -0.39 is 11.5 Å². The number of aliphatic hydroxyl groups is 1. The number of benzene rings is 1. The van der Waals surface area contributed by atoms with Gasteiger partial charge >= 0.3 is 6.03 Å². The highest BCUT2D eigenvalue weighted by molar-refractivity contribution is 6.31. The number of rotatable bonds is 5. The van der Waals surface area contributed by atoms with E-state index >= 15 is 0 Å². The summed E-state index contributed by atoms with van der Waals surface area (Å²) in [5.74, 6) is -0.00834. The number of nitrogens with one attached hydrogen (secondary N) is 3. The molecule has 1 saturated heterocycles. The van der Waals surface area contributed by atoms with Gasteiger partial charge in [-0.15, -0.1) is 0 Å². The Hall–Kier alpha value is -2.32. The molecule has 1 atom stereocenters. The van der Waals surface area contributed by atoms with E-state index in [1.807, 2.05) is 0 Å². The summed E-state index contributed by atoms with van der Waals surface area (Å²) in [6.45, 7) is 5.23. The average Bonchev–Trinajstić information content (AvgIpc) is 3.18. The van der Waals surface area contributed by atoms with Gasteiger partial charge in [0.05, 0.1) is 24.4 Å². The van der Waals surface area contributed by atoms with Crippen LogP contribution in [-0.4, -0.2) is 58.8 Å². The van der Waals surface area contributed by atoms with Crippen LogP contribution < -0.4 is 10.6 Å². The molecule has 29 heavy (non-hydrogen) atoms. The maximum atomic E-state index is 12.2. The van der Waals surface area contributed by atoms with Gasteiger partial charge in [-0.1, -0.05) is 25.4 Å². The molecule has 1 aromatic carbocycles. The van der Waals surface area contributed by atoms with E-state index in [1.165, 1.54) is 7.05 Å². The number of H-pyrrole nitrogens is 1. The van der Waals surface area contributed by atoms with Gasteiger partial charge in [-0.05, 0) is 41.9 Å². The molecule has 3 amide bonds. The topological polar surface area (TPSA) is 110 Å². The molecule has 1 fully saturated rings. The number of hydrogen-bond acceptors (Lipinski definition) is 4. The first-order valence-corrected chi connectivity index (χ1v) is 10.2. The lowest BCUT2D eigenvalue weighted by atomic mass is 9.68. The van der Waals surface area contributed by atoms with Gasteiger partial charge in [0.15, 0.2) is 0 Å². The highest BCUT2D eigenvalue weighted by Gasteiger charge is 2.40. The lowest BCUT2D eigenvalue weighted by molar-refractivity contribution is -0.119. The Morgan fingerprint density at radius 2 is 2.07 bits per heavy atom. The largest absolute Gasteiger partial charge is 0.388 e. The predicted molar refractivity (Wildman–Crippen MR) is 112 cm³/mol. The average molecular weight is 422 g/mol. The second kappa shape index (κ2) is 8.59. The van der Waals surface area contributed by atoms with E-state index in [1.54, 1.807) is 23.2 Å². The SMILES string of the molecule is CNC(=O)CNC(=O)N1CCC(C(C)(C)C(O)c2cc(Cl)cc3[nH]ncc23)CC1. The van der Waals surface area contributed by atoms with Crippen molar-refractivity contribution >= 4 is 34.4 Å². The van der Waals surface area contributed by atoms with Crippen molar-refractivity contribution in [2.24, 2.45) is 11.3 Å². The van der Waals surface area contributed by atoms with Crippen molar-refractivity contribution in [3.63, 3.8) is 0 Å². The third-order valence-electron chi connectivity index (χ3n) is 6.07. The minimum Gasteiger partial charge on any atom is -0.388 e. The Morgan fingerprint density at radius 3 is 2.72 bits per heavy atom. The van der Waals surface area contributed by atoms with Crippen LogP contribution in [0.5, 0.6) is 0 Å². The van der Waals surface area contributed by atoms with Gasteiger partial charge in [-0.2, -0.15) is 5.10 Å². The number of likely N-dealkylation sites (N-methyl/N-ethyl adjacent to an activating group) is 1. The lowest BCUT2D eigenvalue weighted by Crippen LogP contribution is -2.49. The number of amides is 3. The van der Waals surface area contributed by atoms with Gasteiger partial charge in [0.25, 0.3) is 0 Å². The molecule has 3 rings (SSSR count). The zero-order valence-electron chi connectivity index (χ0n) is 17.0. The molecule has 0 spiro atoms. The Morgan fingerprint density at radius 1 is 1.38 bits per heavy atom. The van der Waals surface area contributed by atoms with Crippen molar-refractivity contribution in [3.05, 3.63) is 28.9 Å². The summed E-state index contributed by atoms with van der Waals surface area (Å²) in [5, 5.41) is 24.7. The molecule has 8 nitrogen and oxygen atoms in total. The zero-order chi connectivity index (χ0) is 21.2. The molecule has 0 radical (unpaired) electrons. The van der Waals surface area contributed by atoms with Gasteiger partial charge in [-0.25, -0.2) is 4.79 Å². The number of carbonyl (C=O) groups is 2.